The van der Waals surface area contributed by atoms with Crippen LogP contribution in [0.4, 0.5) is 0 Å². The summed E-state index contributed by atoms with van der Waals surface area (Å²) in [5.41, 5.74) is 3.74. The molecule has 0 radical (unpaired) electrons. The maximum Gasteiger partial charge on any atom is 0.305 e. The summed E-state index contributed by atoms with van der Waals surface area (Å²) in [6.45, 7) is 6.38. The number of rotatable bonds is 11. The number of hydrogen-bond acceptors (Lipinski definition) is 6. The number of ether oxygens (including phenoxy) is 2. The summed E-state index contributed by atoms with van der Waals surface area (Å²) in [6.07, 6.45) is 0.929. The molecule has 0 aliphatic heterocycles. The van der Waals surface area contributed by atoms with Crippen LogP contribution in [0.15, 0.2) is 72.8 Å². The third-order valence-corrected chi connectivity index (χ3v) is 7.00. The van der Waals surface area contributed by atoms with Gasteiger partial charge in [-0.2, -0.15) is 0 Å². The number of benzene rings is 3. The van der Waals surface area contributed by atoms with E-state index in [0.29, 0.717) is 25.0 Å². The number of Topliss-reactive ketones (excluding diaryl/α,β-unsaturated/α-hetero) is 1. The summed E-state index contributed by atoms with van der Waals surface area (Å²) in [4.78, 5) is 28.7. The Bertz CT molecular complexity index is 1280. The van der Waals surface area contributed by atoms with E-state index in [9.17, 15) is 9.59 Å². The van der Waals surface area contributed by atoms with Crippen molar-refractivity contribution in [3.63, 3.8) is 0 Å². The van der Waals surface area contributed by atoms with Gasteiger partial charge in [0.2, 0.25) is 0 Å². The molecule has 5 nitrogen and oxygen atoms in total. The van der Waals surface area contributed by atoms with Gasteiger partial charge in [-0.15, -0.1) is 11.3 Å². The second-order valence-electron chi connectivity index (χ2n) is 9.00. The summed E-state index contributed by atoms with van der Waals surface area (Å²) in [6, 6.07) is 23.8. The fraction of sp³-hybridized carbons (Fsp3) is 0.300. The number of thiazole rings is 1. The zero-order chi connectivity index (χ0) is 25.5. The summed E-state index contributed by atoms with van der Waals surface area (Å²) in [5.74, 6) is 0.793. The van der Waals surface area contributed by atoms with Crippen LogP contribution in [0.1, 0.15) is 62.1 Å². The first-order valence-electron chi connectivity index (χ1n) is 12.4. The Labute approximate surface area is 216 Å². The topological polar surface area (TPSA) is 65.5 Å². The first-order valence-corrected chi connectivity index (χ1v) is 13.2. The lowest BCUT2D eigenvalue weighted by atomic mass is 9.96. The summed E-state index contributed by atoms with van der Waals surface area (Å²) in [5, 5.41) is 0.991. The molecule has 1 unspecified atom stereocenters. The highest BCUT2D eigenvalue weighted by Gasteiger charge is 2.19. The van der Waals surface area contributed by atoms with Gasteiger partial charge >= 0.3 is 5.97 Å². The van der Waals surface area contributed by atoms with Crippen molar-refractivity contribution >= 4 is 33.3 Å². The molecule has 6 heteroatoms. The quantitative estimate of drug-likeness (QED) is 0.156. The van der Waals surface area contributed by atoms with Gasteiger partial charge < -0.3 is 9.47 Å². The highest BCUT2D eigenvalue weighted by atomic mass is 32.1. The highest BCUT2D eigenvalue weighted by molar-refractivity contribution is 7.21. The van der Waals surface area contributed by atoms with Gasteiger partial charge in [0.25, 0.3) is 0 Å². The predicted octanol–water partition coefficient (Wildman–Crippen LogP) is 7.66. The lowest BCUT2D eigenvalue weighted by Crippen LogP contribution is -2.14. The van der Waals surface area contributed by atoms with Crippen molar-refractivity contribution in [2.75, 3.05) is 6.61 Å². The molecule has 0 saturated heterocycles. The van der Waals surface area contributed by atoms with Crippen molar-refractivity contribution < 1.29 is 19.1 Å². The number of para-hydroxylation sites is 1. The molecule has 0 aliphatic rings. The van der Waals surface area contributed by atoms with Crippen molar-refractivity contribution in [3.8, 4) is 16.3 Å². The number of hydrogen-bond donors (Lipinski definition) is 0. The van der Waals surface area contributed by atoms with Gasteiger partial charge in [0.15, 0.2) is 5.78 Å². The van der Waals surface area contributed by atoms with Crippen molar-refractivity contribution in [1.29, 1.82) is 0 Å². The number of aromatic nitrogens is 1. The van der Waals surface area contributed by atoms with E-state index in [1.807, 2.05) is 66.7 Å². The van der Waals surface area contributed by atoms with E-state index in [4.69, 9.17) is 14.5 Å². The molecule has 0 bridgehead atoms. The Morgan fingerprint density at radius 3 is 2.31 bits per heavy atom. The van der Waals surface area contributed by atoms with Gasteiger partial charge in [0, 0.05) is 24.0 Å². The van der Waals surface area contributed by atoms with Crippen LogP contribution >= 0.6 is 11.3 Å². The van der Waals surface area contributed by atoms with Crippen molar-refractivity contribution in [2.24, 2.45) is 5.92 Å². The van der Waals surface area contributed by atoms with Gasteiger partial charge in [-0.1, -0.05) is 50.2 Å². The summed E-state index contributed by atoms with van der Waals surface area (Å²) < 4.78 is 12.5. The van der Waals surface area contributed by atoms with Crippen LogP contribution in [0.5, 0.6) is 5.75 Å². The Hall–Kier alpha value is -3.51. The number of nitrogens with zero attached hydrogens (tertiary/aromatic N) is 1. The third-order valence-electron chi connectivity index (χ3n) is 5.91. The zero-order valence-corrected chi connectivity index (χ0v) is 21.7. The lowest BCUT2D eigenvalue weighted by molar-refractivity contribution is -0.143. The predicted molar refractivity (Wildman–Crippen MR) is 145 cm³/mol. The molecule has 0 N–H and O–H groups in total. The van der Waals surface area contributed by atoms with E-state index < -0.39 is 0 Å². The largest absolute Gasteiger partial charge is 0.485 e. The van der Waals surface area contributed by atoms with Crippen molar-refractivity contribution in [1.82, 2.24) is 4.98 Å². The Morgan fingerprint density at radius 1 is 0.917 bits per heavy atom. The first kappa shape index (κ1) is 25.6. The van der Waals surface area contributed by atoms with Gasteiger partial charge in [-0.3, -0.25) is 9.59 Å². The van der Waals surface area contributed by atoms with Crippen molar-refractivity contribution in [3.05, 3.63) is 83.9 Å². The molecule has 3 aromatic carbocycles. The minimum Gasteiger partial charge on any atom is -0.485 e. The van der Waals surface area contributed by atoms with E-state index in [-0.39, 0.29) is 30.2 Å². The van der Waals surface area contributed by atoms with Gasteiger partial charge in [-0.05, 0) is 61.2 Å². The standard InChI is InChI=1S/C30H31NO4S/c1-4-34-28(33)11-7-9-26(32)21-12-14-22(15-13-21)29(20(2)3)35-24-18-16-23(17-19-24)30-31-25-8-5-6-10-27(25)36-30/h5-6,8,10,12-20,29H,4,7,9,11H2,1-3H3. The molecule has 0 saturated carbocycles. The minimum absolute atomic E-state index is 0.0262. The van der Waals surface area contributed by atoms with Crippen LogP contribution in [0.3, 0.4) is 0 Å². The highest BCUT2D eigenvalue weighted by Crippen LogP contribution is 2.33. The van der Waals surface area contributed by atoms with Crippen LogP contribution in [0, 0.1) is 5.92 Å². The molecule has 1 aromatic heterocycles. The fourth-order valence-electron chi connectivity index (χ4n) is 4.04. The van der Waals surface area contributed by atoms with E-state index in [1.54, 1.807) is 18.3 Å². The minimum atomic E-state index is -0.259. The third kappa shape index (κ3) is 6.38. The molecule has 4 rings (SSSR count). The van der Waals surface area contributed by atoms with E-state index >= 15 is 0 Å². The maximum absolute atomic E-state index is 12.5. The molecule has 0 amide bonds. The van der Waals surface area contributed by atoms with E-state index in [2.05, 4.69) is 19.9 Å². The van der Waals surface area contributed by atoms with Crippen LogP contribution in [0.2, 0.25) is 0 Å². The number of carbonyl (C=O) groups is 2. The monoisotopic (exact) mass is 501 g/mol. The molecular weight excluding hydrogens is 470 g/mol. The molecule has 0 aliphatic carbocycles. The van der Waals surface area contributed by atoms with Crippen LogP contribution in [0.25, 0.3) is 20.8 Å². The molecule has 0 fully saturated rings. The number of carbonyl (C=O) groups excluding carboxylic acids is 2. The smallest absolute Gasteiger partial charge is 0.305 e. The molecule has 36 heavy (non-hydrogen) atoms. The zero-order valence-electron chi connectivity index (χ0n) is 20.9. The molecule has 0 spiro atoms. The molecule has 4 aromatic rings. The van der Waals surface area contributed by atoms with E-state index in [1.165, 1.54) is 4.70 Å². The Morgan fingerprint density at radius 2 is 1.64 bits per heavy atom. The first-order chi connectivity index (χ1) is 17.4. The van der Waals surface area contributed by atoms with Crippen molar-refractivity contribution in [2.45, 2.75) is 46.1 Å². The summed E-state index contributed by atoms with van der Waals surface area (Å²) in [7, 11) is 0. The van der Waals surface area contributed by atoms with Crippen LogP contribution in [-0.2, 0) is 9.53 Å². The number of fused-ring (bicyclic) bond motifs is 1. The van der Waals surface area contributed by atoms with Crippen LogP contribution in [-0.4, -0.2) is 23.3 Å². The van der Waals surface area contributed by atoms with E-state index in [0.717, 1.165) is 27.4 Å². The second kappa shape index (κ2) is 12.0. The average molecular weight is 502 g/mol. The van der Waals surface area contributed by atoms with Crippen LogP contribution < -0.4 is 4.74 Å². The number of ketones is 1. The molecule has 186 valence electrons. The Kier molecular flexibility index (Phi) is 8.49. The average Bonchev–Trinajstić information content (AvgIpc) is 3.32. The number of esters is 1. The molecule has 1 heterocycles. The SMILES string of the molecule is CCOC(=O)CCCC(=O)c1ccc(C(Oc2ccc(-c3nc4ccccc4s3)cc2)C(C)C)cc1. The fourth-order valence-corrected chi connectivity index (χ4v) is 5.01. The second-order valence-corrected chi connectivity index (χ2v) is 10.0. The Balaban J connectivity index is 1.40. The lowest BCUT2D eigenvalue weighted by Gasteiger charge is -2.23. The van der Waals surface area contributed by atoms with Gasteiger partial charge in [-0.25, -0.2) is 4.98 Å². The van der Waals surface area contributed by atoms with Gasteiger partial charge in [0.1, 0.15) is 16.9 Å². The normalized spacial score (nSPS) is 12.0. The maximum atomic E-state index is 12.5. The van der Waals surface area contributed by atoms with Gasteiger partial charge in [0.05, 0.1) is 16.8 Å². The molecular formula is C30H31NO4S. The molecule has 1 atom stereocenters. The summed E-state index contributed by atoms with van der Waals surface area (Å²) >= 11 is 1.68.